The van der Waals surface area contributed by atoms with Crippen molar-refractivity contribution in [2.75, 3.05) is 6.54 Å². The molecular formula is C19H16BrFN2O3. The quantitative estimate of drug-likeness (QED) is 0.674. The van der Waals surface area contributed by atoms with Crippen LogP contribution in [0.3, 0.4) is 0 Å². The fourth-order valence-electron chi connectivity index (χ4n) is 2.59. The summed E-state index contributed by atoms with van der Waals surface area (Å²) in [5.41, 5.74) is 0.338. The van der Waals surface area contributed by atoms with Crippen LogP contribution in [0.15, 0.2) is 62.4 Å². The van der Waals surface area contributed by atoms with Crippen LogP contribution in [0.2, 0.25) is 0 Å². The average molecular weight is 419 g/mol. The van der Waals surface area contributed by atoms with Gasteiger partial charge in [0.15, 0.2) is 0 Å². The molecule has 0 unspecified atom stereocenters. The molecule has 2 heterocycles. The Hall–Kier alpha value is -2.67. The van der Waals surface area contributed by atoms with Crippen molar-refractivity contribution >= 4 is 21.8 Å². The number of nitrogens with one attached hydrogen (secondary N) is 1. The molecule has 3 aromatic rings. The van der Waals surface area contributed by atoms with E-state index < -0.39 is 17.3 Å². The zero-order valence-electron chi connectivity index (χ0n) is 14.0. The van der Waals surface area contributed by atoms with Gasteiger partial charge in [0.2, 0.25) is 0 Å². The number of hydrogen-bond acceptors (Lipinski definition) is 3. The highest BCUT2D eigenvalue weighted by atomic mass is 79.9. The first-order chi connectivity index (χ1) is 12.5. The van der Waals surface area contributed by atoms with Crippen molar-refractivity contribution in [2.24, 2.45) is 0 Å². The van der Waals surface area contributed by atoms with Crippen molar-refractivity contribution in [1.82, 2.24) is 9.88 Å². The lowest BCUT2D eigenvalue weighted by atomic mass is 10.1. The van der Waals surface area contributed by atoms with Crippen molar-refractivity contribution < 1.29 is 13.6 Å². The summed E-state index contributed by atoms with van der Waals surface area (Å²) in [5, 5.41) is 0. The van der Waals surface area contributed by atoms with Crippen LogP contribution in [-0.2, 0) is 6.54 Å². The summed E-state index contributed by atoms with van der Waals surface area (Å²) in [6, 6.07) is 11.0. The summed E-state index contributed by atoms with van der Waals surface area (Å²) in [6.07, 6.45) is 1.50. The van der Waals surface area contributed by atoms with Gasteiger partial charge in [-0.05, 0) is 49.4 Å². The Kier molecular flexibility index (Phi) is 5.37. The molecule has 0 radical (unpaired) electrons. The highest BCUT2D eigenvalue weighted by molar-refractivity contribution is 9.10. The van der Waals surface area contributed by atoms with E-state index in [4.69, 9.17) is 4.42 Å². The van der Waals surface area contributed by atoms with Gasteiger partial charge in [-0.15, -0.1) is 0 Å². The third-order valence-electron chi connectivity index (χ3n) is 3.96. The molecule has 134 valence electrons. The smallest absolute Gasteiger partial charge is 0.261 e. The molecular weight excluding hydrogens is 403 g/mol. The van der Waals surface area contributed by atoms with E-state index in [2.05, 4.69) is 20.9 Å². The maximum atomic E-state index is 14.0. The Morgan fingerprint density at radius 1 is 1.27 bits per heavy atom. The van der Waals surface area contributed by atoms with Crippen molar-refractivity contribution in [3.05, 3.63) is 80.5 Å². The number of carbonyl (C=O) groups is 1. The van der Waals surface area contributed by atoms with Gasteiger partial charge in [-0.1, -0.05) is 15.9 Å². The molecule has 1 aromatic carbocycles. The number of amides is 1. The predicted octanol–water partition coefficient (Wildman–Crippen LogP) is 4.20. The fourth-order valence-corrected chi connectivity index (χ4v) is 2.99. The van der Waals surface area contributed by atoms with E-state index in [1.807, 2.05) is 0 Å². The molecule has 3 rings (SSSR count). The van der Waals surface area contributed by atoms with Crippen LogP contribution in [-0.4, -0.2) is 22.3 Å². The molecule has 2 aromatic heterocycles. The van der Waals surface area contributed by atoms with Gasteiger partial charge in [-0.2, -0.15) is 0 Å². The van der Waals surface area contributed by atoms with E-state index in [1.165, 1.54) is 23.3 Å². The van der Waals surface area contributed by atoms with Gasteiger partial charge in [0.05, 0.1) is 12.0 Å². The summed E-state index contributed by atoms with van der Waals surface area (Å²) < 4.78 is 19.9. The van der Waals surface area contributed by atoms with Crippen LogP contribution in [0.25, 0.3) is 11.5 Å². The molecule has 0 atom stereocenters. The lowest BCUT2D eigenvalue weighted by Gasteiger charge is -2.21. The lowest BCUT2D eigenvalue weighted by molar-refractivity contribution is 0.0749. The van der Waals surface area contributed by atoms with Gasteiger partial charge >= 0.3 is 0 Å². The summed E-state index contributed by atoms with van der Waals surface area (Å²) in [5.74, 6) is -0.356. The number of halogens is 2. The minimum absolute atomic E-state index is 0.00226. The molecule has 1 amide bonds. The Labute approximate surface area is 157 Å². The lowest BCUT2D eigenvalue weighted by Crippen LogP contribution is -2.34. The number of nitrogens with zero attached hydrogens (tertiary/aromatic N) is 1. The van der Waals surface area contributed by atoms with Gasteiger partial charge in [-0.3, -0.25) is 9.59 Å². The molecule has 0 spiro atoms. The highest BCUT2D eigenvalue weighted by Crippen LogP contribution is 2.19. The molecule has 7 heteroatoms. The van der Waals surface area contributed by atoms with E-state index in [0.29, 0.717) is 23.6 Å². The zero-order chi connectivity index (χ0) is 18.7. The summed E-state index contributed by atoms with van der Waals surface area (Å²) in [7, 11) is 0. The normalized spacial score (nSPS) is 10.7. The highest BCUT2D eigenvalue weighted by Gasteiger charge is 2.20. The number of benzene rings is 1. The molecule has 1 N–H and O–H groups in total. The largest absolute Gasteiger partial charge is 0.463 e. The molecule has 0 saturated carbocycles. The molecule has 0 saturated heterocycles. The second kappa shape index (κ2) is 7.70. The molecule has 26 heavy (non-hydrogen) atoms. The number of H-pyrrole nitrogens is 1. The molecule has 5 nitrogen and oxygen atoms in total. The van der Waals surface area contributed by atoms with Crippen LogP contribution in [0, 0.1) is 5.82 Å². The van der Waals surface area contributed by atoms with Crippen LogP contribution < -0.4 is 5.56 Å². The minimum Gasteiger partial charge on any atom is -0.463 e. The third kappa shape index (κ3) is 3.77. The van der Waals surface area contributed by atoms with Crippen molar-refractivity contribution in [1.29, 1.82) is 0 Å². The standard InChI is InChI=1S/C19H16BrFN2O3/c1-2-23(11-12-10-13(20)5-7-15(12)21)19(25)14-6-8-16(22-18(14)24)17-4-3-9-26-17/h3-10H,2,11H2,1H3,(H,22,24). The topological polar surface area (TPSA) is 66.3 Å². The minimum atomic E-state index is -0.517. The first kappa shape index (κ1) is 18.1. The van der Waals surface area contributed by atoms with E-state index in [1.54, 1.807) is 37.3 Å². The van der Waals surface area contributed by atoms with Gasteiger partial charge in [0.1, 0.15) is 17.1 Å². The van der Waals surface area contributed by atoms with Crippen LogP contribution >= 0.6 is 15.9 Å². The molecule has 0 aliphatic rings. The second-order valence-corrected chi connectivity index (χ2v) is 6.56. The average Bonchev–Trinajstić information content (AvgIpc) is 3.16. The Morgan fingerprint density at radius 2 is 2.08 bits per heavy atom. The third-order valence-corrected chi connectivity index (χ3v) is 4.46. The Balaban J connectivity index is 1.87. The van der Waals surface area contributed by atoms with Crippen LogP contribution in [0.5, 0.6) is 0 Å². The van der Waals surface area contributed by atoms with E-state index in [-0.39, 0.29) is 12.1 Å². The van der Waals surface area contributed by atoms with E-state index in [0.717, 1.165) is 4.47 Å². The van der Waals surface area contributed by atoms with Gasteiger partial charge in [-0.25, -0.2) is 4.39 Å². The number of aromatic nitrogens is 1. The fraction of sp³-hybridized carbons (Fsp3) is 0.158. The number of carbonyl (C=O) groups excluding carboxylic acids is 1. The first-order valence-electron chi connectivity index (χ1n) is 8.00. The number of aromatic amines is 1. The molecule has 0 aliphatic heterocycles. The zero-order valence-corrected chi connectivity index (χ0v) is 15.5. The van der Waals surface area contributed by atoms with E-state index >= 15 is 0 Å². The first-order valence-corrected chi connectivity index (χ1v) is 8.79. The summed E-state index contributed by atoms with van der Waals surface area (Å²) in [4.78, 5) is 29.2. The number of furan rings is 1. The van der Waals surface area contributed by atoms with Crippen molar-refractivity contribution in [3.8, 4) is 11.5 Å². The van der Waals surface area contributed by atoms with Gasteiger partial charge in [0, 0.05) is 23.1 Å². The van der Waals surface area contributed by atoms with Crippen LogP contribution in [0.1, 0.15) is 22.8 Å². The van der Waals surface area contributed by atoms with Crippen molar-refractivity contribution in [3.63, 3.8) is 0 Å². The number of pyridine rings is 1. The SMILES string of the molecule is CCN(Cc1cc(Br)ccc1F)C(=O)c1ccc(-c2ccco2)[nH]c1=O. The summed E-state index contributed by atoms with van der Waals surface area (Å²) >= 11 is 3.29. The predicted molar refractivity (Wildman–Crippen MR) is 99.3 cm³/mol. The van der Waals surface area contributed by atoms with E-state index in [9.17, 15) is 14.0 Å². The summed E-state index contributed by atoms with van der Waals surface area (Å²) in [6.45, 7) is 2.18. The molecule has 0 bridgehead atoms. The van der Waals surface area contributed by atoms with Crippen molar-refractivity contribution in [2.45, 2.75) is 13.5 Å². The maximum Gasteiger partial charge on any atom is 0.261 e. The second-order valence-electron chi connectivity index (χ2n) is 5.65. The van der Waals surface area contributed by atoms with Crippen LogP contribution in [0.4, 0.5) is 4.39 Å². The molecule has 0 aliphatic carbocycles. The van der Waals surface area contributed by atoms with Gasteiger partial charge in [0.25, 0.3) is 11.5 Å². The number of hydrogen-bond donors (Lipinski definition) is 1. The maximum absolute atomic E-state index is 14.0. The Morgan fingerprint density at radius 3 is 2.73 bits per heavy atom. The monoisotopic (exact) mass is 418 g/mol. The Bertz CT molecular complexity index is 983. The number of rotatable bonds is 5. The van der Waals surface area contributed by atoms with Gasteiger partial charge < -0.3 is 14.3 Å². The molecule has 0 fully saturated rings.